The van der Waals surface area contributed by atoms with E-state index in [4.69, 9.17) is 17.3 Å². The fourth-order valence-corrected chi connectivity index (χ4v) is 2.54. The molecule has 6 heteroatoms. The van der Waals surface area contributed by atoms with E-state index in [0.717, 1.165) is 16.6 Å². The summed E-state index contributed by atoms with van der Waals surface area (Å²) in [6, 6.07) is 4.55. The third kappa shape index (κ3) is 1.74. The topological polar surface area (TPSA) is 56.7 Å². The van der Waals surface area contributed by atoms with Gasteiger partial charge in [0.05, 0.1) is 11.1 Å². The zero-order chi connectivity index (χ0) is 14.4. The summed E-state index contributed by atoms with van der Waals surface area (Å²) >= 11 is 5.80. The van der Waals surface area contributed by atoms with Gasteiger partial charge < -0.3 is 5.73 Å². The van der Waals surface area contributed by atoms with E-state index in [1.165, 1.54) is 12.4 Å². The van der Waals surface area contributed by atoms with Crippen molar-refractivity contribution < 1.29 is 4.39 Å². The zero-order valence-electron chi connectivity index (χ0n) is 11.0. The first kappa shape index (κ1) is 12.9. The monoisotopic (exact) mass is 290 g/mol. The van der Waals surface area contributed by atoms with Gasteiger partial charge in [-0.25, -0.2) is 14.4 Å². The van der Waals surface area contributed by atoms with Crippen LogP contribution in [-0.2, 0) is 0 Å². The van der Waals surface area contributed by atoms with Crippen LogP contribution < -0.4 is 5.73 Å². The van der Waals surface area contributed by atoms with Gasteiger partial charge in [-0.2, -0.15) is 0 Å². The van der Waals surface area contributed by atoms with E-state index in [2.05, 4.69) is 9.97 Å². The second-order valence-electron chi connectivity index (χ2n) is 4.60. The molecular formula is C14H12ClFN4. The van der Waals surface area contributed by atoms with E-state index < -0.39 is 5.82 Å². The van der Waals surface area contributed by atoms with Crippen molar-refractivity contribution in [2.24, 2.45) is 0 Å². The van der Waals surface area contributed by atoms with Gasteiger partial charge in [-0.15, -0.1) is 0 Å². The molecule has 2 N–H and O–H groups in total. The number of fused-ring (bicyclic) bond motifs is 1. The van der Waals surface area contributed by atoms with Crippen LogP contribution in [0.1, 0.15) is 11.3 Å². The number of benzene rings is 1. The Labute approximate surface area is 120 Å². The minimum absolute atomic E-state index is 0.353. The van der Waals surface area contributed by atoms with Crippen molar-refractivity contribution in [3.8, 4) is 5.69 Å². The zero-order valence-corrected chi connectivity index (χ0v) is 11.7. The molecule has 0 aliphatic heterocycles. The maximum absolute atomic E-state index is 14.2. The number of nitrogens with zero attached hydrogens (tertiary/aromatic N) is 3. The summed E-state index contributed by atoms with van der Waals surface area (Å²) in [7, 11) is 0. The minimum atomic E-state index is -0.408. The molecule has 1 aromatic carbocycles. The van der Waals surface area contributed by atoms with Gasteiger partial charge in [-0.3, -0.25) is 4.57 Å². The molecule has 2 heterocycles. The van der Waals surface area contributed by atoms with Crippen molar-refractivity contribution >= 4 is 28.5 Å². The summed E-state index contributed by atoms with van der Waals surface area (Å²) in [6.07, 6.45) is 1.38. The maximum Gasteiger partial charge on any atom is 0.150 e. The molecule has 0 amide bonds. The average Bonchev–Trinajstić information content (AvgIpc) is 2.64. The Bertz CT molecular complexity index is 826. The van der Waals surface area contributed by atoms with Crippen LogP contribution in [0, 0.1) is 19.7 Å². The van der Waals surface area contributed by atoms with Crippen molar-refractivity contribution in [3.05, 3.63) is 46.6 Å². The highest BCUT2D eigenvalue weighted by Crippen LogP contribution is 2.31. The van der Waals surface area contributed by atoms with Gasteiger partial charge in [0.25, 0.3) is 0 Å². The summed E-state index contributed by atoms with van der Waals surface area (Å²) in [5.41, 5.74) is 8.69. The summed E-state index contributed by atoms with van der Waals surface area (Å²) in [5, 5.41) is 1.10. The molecule has 0 fully saturated rings. The number of nitrogen functional groups attached to an aromatic ring is 1. The Morgan fingerprint density at radius 2 is 2.00 bits per heavy atom. The highest BCUT2D eigenvalue weighted by Gasteiger charge is 2.18. The first-order valence-electron chi connectivity index (χ1n) is 6.04. The van der Waals surface area contributed by atoms with Gasteiger partial charge in [0.1, 0.15) is 18.0 Å². The number of aromatic nitrogens is 3. The molecule has 3 aromatic rings. The normalized spacial score (nSPS) is 11.2. The lowest BCUT2D eigenvalue weighted by molar-refractivity contribution is 0.618. The third-order valence-electron chi connectivity index (χ3n) is 3.47. The molecule has 20 heavy (non-hydrogen) atoms. The molecule has 0 aliphatic rings. The molecule has 0 radical (unpaired) electrons. The Kier molecular flexibility index (Phi) is 2.87. The molecule has 0 aliphatic carbocycles. The van der Waals surface area contributed by atoms with Crippen molar-refractivity contribution in [1.29, 1.82) is 0 Å². The number of halogens is 2. The Morgan fingerprint density at radius 3 is 2.70 bits per heavy atom. The lowest BCUT2D eigenvalue weighted by atomic mass is 10.2. The van der Waals surface area contributed by atoms with Crippen LogP contribution in [-0.4, -0.2) is 14.5 Å². The molecule has 2 aromatic heterocycles. The number of hydrogen-bond acceptors (Lipinski definition) is 3. The molecule has 0 saturated carbocycles. The SMILES string of the molecule is Cc1c(C)n(-c2ccc(Cl)cc2F)c2ncnc(N)c12. The molecule has 0 spiro atoms. The van der Waals surface area contributed by atoms with Crippen LogP contribution in [0.5, 0.6) is 0 Å². The Hall–Kier alpha value is -2.14. The Balaban J connectivity index is 2.42. The standard InChI is InChI=1S/C14H12ClFN4/c1-7-8(2)20(11-4-3-9(15)5-10(11)16)14-12(7)13(17)18-6-19-14/h3-6H,1-2H3,(H2,17,18,19). The van der Waals surface area contributed by atoms with Crippen molar-refractivity contribution in [2.75, 3.05) is 5.73 Å². The van der Waals surface area contributed by atoms with Gasteiger partial charge in [-0.05, 0) is 37.6 Å². The summed E-state index contributed by atoms with van der Waals surface area (Å²) < 4.78 is 15.9. The van der Waals surface area contributed by atoms with Crippen LogP contribution in [0.25, 0.3) is 16.7 Å². The number of anilines is 1. The second-order valence-corrected chi connectivity index (χ2v) is 5.04. The molecule has 3 rings (SSSR count). The Morgan fingerprint density at radius 1 is 1.25 bits per heavy atom. The summed E-state index contributed by atoms with van der Waals surface area (Å²) in [6.45, 7) is 3.81. The van der Waals surface area contributed by atoms with E-state index >= 15 is 0 Å². The average molecular weight is 291 g/mol. The lowest BCUT2D eigenvalue weighted by Gasteiger charge is -2.09. The smallest absolute Gasteiger partial charge is 0.150 e. The maximum atomic E-state index is 14.2. The third-order valence-corrected chi connectivity index (χ3v) is 3.71. The van der Waals surface area contributed by atoms with Crippen LogP contribution in [0.15, 0.2) is 24.5 Å². The second kappa shape index (κ2) is 4.45. The van der Waals surface area contributed by atoms with Gasteiger partial charge in [0.15, 0.2) is 5.65 Å². The van der Waals surface area contributed by atoms with E-state index in [0.29, 0.717) is 22.2 Å². The minimum Gasteiger partial charge on any atom is -0.383 e. The van der Waals surface area contributed by atoms with Crippen molar-refractivity contribution in [2.45, 2.75) is 13.8 Å². The molecule has 0 atom stereocenters. The molecule has 102 valence electrons. The van der Waals surface area contributed by atoms with E-state index in [9.17, 15) is 4.39 Å². The summed E-state index contributed by atoms with van der Waals surface area (Å²) in [4.78, 5) is 8.23. The van der Waals surface area contributed by atoms with Crippen LogP contribution >= 0.6 is 11.6 Å². The van der Waals surface area contributed by atoms with Gasteiger partial charge in [-0.1, -0.05) is 11.6 Å². The van der Waals surface area contributed by atoms with Crippen LogP contribution in [0.3, 0.4) is 0 Å². The lowest BCUT2D eigenvalue weighted by Crippen LogP contribution is -2.01. The highest BCUT2D eigenvalue weighted by atomic mass is 35.5. The fourth-order valence-electron chi connectivity index (χ4n) is 2.38. The van der Waals surface area contributed by atoms with Crippen molar-refractivity contribution in [1.82, 2.24) is 14.5 Å². The van der Waals surface area contributed by atoms with Gasteiger partial charge in [0, 0.05) is 10.7 Å². The number of aryl methyl sites for hydroxylation is 1. The van der Waals surface area contributed by atoms with Crippen LogP contribution in [0.4, 0.5) is 10.2 Å². The number of nitrogens with two attached hydrogens (primary N) is 1. The van der Waals surface area contributed by atoms with E-state index in [1.54, 1.807) is 16.7 Å². The molecule has 0 saturated heterocycles. The predicted molar refractivity (Wildman–Crippen MR) is 77.7 cm³/mol. The molecular weight excluding hydrogens is 279 g/mol. The van der Waals surface area contributed by atoms with Gasteiger partial charge >= 0.3 is 0 Å². The first-order chi connectivity index (χ1) is 9.50. The largest absolute Gasteiger partial charge is 0.383 e. The fraction of sp³-hybridized carbons (Fsp3) is 0.143. The first-order valence-corrected chi connectivity index (χ1v) is 6.42. The number of hydrogen-bond donors (Lipinski definition) is 1. The molecule has 0 unspecified atom stereocenters. The van der Waals surface area contributed by atoms with Crippen molar-refractivity contribution in [3.63, 3.8) is 0 Å². The summed E-state index contributed by atoms with van der Waals surface area (Å²) in [5.74, 6) is -0.0154. The van der Waals surface area contributed by atoms with E-state index in [-0.39, 0.29) is 0 Å². The van der Waals surface area contributed by atoms with Crippen LogP contribution in [0.2, 0.25) is 5.02 Å². The molecule has 0 bridgehead atoms. The molecule has 4 nitrogen and oxygen atoms in total. The quantitative estimate of drug-likeness (QED) is 0.747. The highest BCUT2D eigenvalue weighted by molar-refractivity contribution is 6.30. The number of rotatable bonds is 1. The predicted octanol–water partition coefficient (Wildman–Crippen LogP) is 3.41. The van der Waals surface area contributed by atoms with E-state index in [1.807, 2.05) is 13.8 Å². The van der Waals surface area contributed by atoms with Gasteiger partial charge in [0.2, 0.25) is 0 Å².